The quantitative estimate of drug-likeness (QED) is 0.677. The summed E-state index contributed by atoms with van der Waals surface area (Å²) < 4.78 is 5.67. The molecule has 2 N–H and O–H groups in total. The Labute approximate surface area is 118 Å². The lowest BCUT2D eigenvalue weighted by molar-refractivity contribution is -0.134. The highest BCUT2D eigenvalue weighted by Gasteiger charge is 2.34. The van der Waals surface area contributed by atoms with Crippen LogP contribution in [0.4, 0.5) is 0 Å². The fourth-order valence-electron chi connectivity index (χ4n) is 2.12. The van der Waals surface area contributed by atoms with Crippen LogP contribution in [0, 0.1) is 5.92 Å². The van der Waals surface area contributed by atoms with Crippen LogP contribution in [0.25, 0.3) is 0 Å². The maximum Gasteiger partial charge on any atom is 0.224 e. The summed E-state index contributed by atoms with van der Waals surface area (Å²) in [6.07, 6.45) is 4.87. The van der Waals surface area contributed by atoms with Crippen molar-refractivity contribution in [1.82, 2.24) is 10.2 Å². The van der Waals surface area contributed by atoms with E-state index in [0.29, 0.717) is 0 Å². The fourth-order valence-corrected chi connectivity index (χ4v) is 2.12. The highest BCUT2D eigenvalue weighted by molar-refractivity contribution is 5.81. The molecule has 20 heavy (non-hydrogen) atoms. The van der Waals surface area contributed by atoms with Gasteiger partial charge in [-0.15, -0.1) is 0 Å². The van der Waals surface area contributed by atoms with Crippen LogP contribution < -0.4 is 5.32 Å². The van der Waals surface area contributed by atoms with Crippen LogP contribution in [-0.4, -0.2) is 60.8 Å². The van der Waals surface area contributed by atoms with Crippen LogP contribution in [0.2, 0.25) is 0 Å². The molecule has 1 saturated carbocycles. The Bertz CT molecular complexity index is 404. The average molecular weight is 282 g/mol. The van der Waals surface area contributed by atoms with Crippen molar-refractivity contribution < 1.29 is 19.4 Å². The number of amides is 2. The van der Waals surface area contributed by atoms with Gasteiger partial charge in [0.15, 0.2) is 0 Å². The molecule has 0 aromatic rings. The number of rotatable bonds is 5. The molecule has 6 nitrogen and oxygen atoms in total. The van der Waals surface area contributed by atoms with Crippen LogP contribution in [0.3, 0.4) is 0 Å². The fraction of sp³-hybridized carbons (Fsp3) is 0.714. The molecule has 3 atom stereocenters. The Hall–Kier alpha value is -1.40. The number of hydrogen-bond acceptors (Lipinski definition) is 4. The van der Waals surface area contributed by atoms with E-state index in [1.807, 2.05) is 6.08 Å². The van der Waals surface area contributed by atoms with Gasteiger partial charge in [0.2, 0.25) is 11.8 Å². The molecule has 0 aromatic heterocycles. The van der Waals surface area contributed by atoms with Crippen molar-refractivity contribution in [2.75, 3.05) is 20.7 Å². The van der Waals surface area contributed by atoms with Crippen molar-refractivity contribution in [1.29, 1.82) is 0 Å². The highest BCUT2D eigenvalue weighted by atomic mass is 16.5. The van der Waals surface area contributed by atoms with Crippen LogP contribution in [0.15, 0.2) is 12.2 Å². The monoisotopic (exact) mass is 282 g/mol. The first kappa shape index (κ1) is 15.0. The van der Waals surface area contributed by atoms with Gasteiger partial charge in [-0.1, -0.05) is 12.2 Å². The molecule has 1 fully saturated rings. The van der Waals surface area contributed by atoms with Gasteiger partial charge in [-0.25, -0.2) is 0 Å². The van der Waals surface area contributed by atoms with E-state index in [9.17, 15) is 14.7 Å². The number of carbonyl (C=O) groups is 2. The zero-order valence-corrected chi connectivity index (χ0v) is 11.9. The van der Waals surface area contributed by atoms with Crippen LogP contribution in [0.5, 0.6) is 0 Å². The molecular formula is C14H22N2O4. The standard InChI is InChI=1S/C14H22N2O4/c1-16(2)13(18)7-10-5-6-11(12(8-17)20-10)15-14(19)9-3-4-9/h5-6,9-12,17H,3-4,7-8H2,1-2H3,(H,15,19)/t10-,11-,12-/m0/s1. The Morgan fingerprint density at radius 1 is 1.35 bits per heavy atom. The molecule has 0 radical (unpaired) electrons. The van der Waals surface area contributed by atoms with E-state index in [1.54, 1.807) is 20.2 Å². The first-order chi connectivity index (χ1) is 9.51. The Balaban J connectivity index is 1.91. The number of aliphatic hydroxyl groups excluding tert-OH is 1. The zero-order valence-electron chi connectivity index (χ0n) is 11.9. The predicted octanol–water partition coefficient (Wildman–Crippen LogP) is -0.325. The lowest BCUT2D eigenvalue weighted by Gasteiger charge is -2.32. The van der Waals surface area contributed by atoms with E-state index >= 15 is 0 Å². The van der Waals surface area contributed by atoms with Gasteiger partial charge in [-0.3, -0.25) is 9.59 Å². The summed E-state index contributed by atoms with van der Waals surface area (Å²) in [5, 5.41) is 12.3. The second kappa shape index (κ2) is 6.37. The summed E-state index contributed by atoms with van der Waals surface area (Å²) in [6, 6.07) is -0.321. The van der Waals surface area contributed by atoms with Crippen molar-refractivity contribution in [3.63, 3.8) is 0 Å². The third kappa shape index (κ3) is 3.80. The van der Waals surface area contributed by atoms with Gasteiger partial charge in [0.1, 0.15) is 6.10 Å². The molecule has 1 heterocycles. The van der Waals surface area contributed by atoms with E-state index in [2.05, 4.69) is 5.32 Å². The minimum Gasteiger partial charge on any atom is -0.394 e. The third-order valence-corrected chi connectivity index (χ3v) is 3.59. The van der Waals surface area contributed by atoms with E-state index in [1.165, 1.54) is 4.90 Å². The van der Waals surface area contributed by atoms with Gasteiger partial charge >= 0.3 is 0 Å². The molecule has 1 aliphatic carbocycles. The first-order valence-electron chi connectivity index (χ1n) is 6.96. The number of nitrogens with zero attached hydrogens (tertiary/aromatic N) is 1. The average Bonchev–Trinajstić information content (AvgIpc) is 3.24. The first-order valence-corrected chi connectivity index (χ1v) is 6.96. The smallest absolute Gasteiger partial charge is 0.224 e. The topological polar surface area (TPSA) is 78.9 Å². The van der Waals surface area contributed by atoms with Gasteiger partial charge in [0.25, 0.3) is 0 Å². The van der Waals surface area contributed by atoms with Gasteiger partial charge in [-0.05, 0) is 12.8 Å². The number of hydrogen-bond donors (Lipinski definition) is 2. The van der Waals surface area contributed by atoms with Crippen molar-refractivity contribution in [3.05, 3.63) is 12.2 Å². The van der Waals surface area contributed by atoms with Crippen LogP contribution >= 0.6 is 0 Å². The van der Waals surface area contributed by atoms with Gasteiger partial charge in [-0.2, -0.15) is 0 Å². The molecule has 0 unspecified atom stereocenters. The van der Waals surface area contributed by atoms with Gasteiger partial charge < -0.3 is 20.1 Å². The molecule has 2 rings (SSSR count). The van der Waals surface area contributed by atoms with Crippen molar-refractivity contribution >= 4 is 11.8 Å². The molecular weight excluding hydrogens is 260 g/mol. The van der Waals surface area contributed by atoms with Crippen molar-refractivity contribution in [2.24, 2.45) is 5.92 Å². The van der Waals surface area contributed by atoms with Gasteiger partial charge in [0.05, 0.1) is 25.2 Å². The molecule has 0 saturated heterocycles. The zero-order chi connectivity index (χ0) is 14.7. The summed E-state index contributed by atoms with van der Waals surface area (Å²) in [7, 11) is 3.38. The van der Waals surface area contributed by atoms with E-state index in [4.69, 9.17) is 4.74 Å². The minimum atomic E-state index is -0.498. The Morgan fingerprint density at radius 2 is 2.05 bits per heavy atom. The normalized spacial score (nSPS) is 29.1. The number of carbonyl (C=O) groups excluding carboxylic acids is 2. The molecule has 1 aliphatic heterocycles. The predicted molar refractivity (Wildman–Crippen MR) is 72.9 cm³/mol. The van der Waals surface area contributed by atoms with E-state index in [-0.39, 0.29) is 42.9 Å². The summed E-state index contributed by atoms with van der Waals surface area (Å²) in [5.41, 5.74) is 0. The second-order valence-electron chi connectivity index (χ2n) is 5.58. The maximum atomic E-state index is 11.7. The summed E-state index contributed by atoms with van der Waals surface area (Å²) >= 11 is 0. The summed E-state index contributed by atoms with van der Waals surface area (Å²) in [4.78, 5) is 24.9. The molecule has 0 aromatic carbocycles. The summed E-state index contributed by atoms with van der Waals surface area (Å²) in [5.74, 6) is 0.108. The number of nitrogens with one attached hydrogen (secondary N) is 1. The minimum absolute atomic E-state index is 0.0181. The lowest BCUT2D eigenvalue weighted by atomic mass is 10.0. The van der Waals surface area contributed by atoms with Gasteiger partial charge in [0, 0.05) is 20.0 Å². The molecule has 0 spiro atoms. The van der Waals surface area contributed by atoms with E-state index in [0.717, 1.165) is 12.8 Å². The Kier molecular flexibility index (Phi) is 4.77. The van der Waals surface area contributed by atoms with Crippen LogP contribution in [0.1, 0.15) is 19.3 Å². The number of aliphatic hydroxyl groups is 1. The maximum absolute atomic E-state index is 11.7. The number of ether oxygens (including phenoxy) is 1. The van der Waals surface area contributed by atoms with Crippen molar-refractivity contribution in [2.45, 2.75) is 37.5 Å². The molecule has 0 bridgehead atoms. The molecule has 2 amide bonds. The molecule has 6 heteroatoms. The third-order valence-electron chi connectivity index (χ3n) is 3.59. The second-order valence-corrected chi connectivity index (χ2v) is 5.58. The molecule has 2 aliphatic rings. The largest absolute Gasteiger partial charge is 0.394 e. The summed E-state index contributed by atoms with van der Waals surface area (Å²) in [6.45, 7) is -0.188. The molecule has 112 valence electrons. The highest BCUT2D eigenvalue weighted by Crippen LogP contribution is 2.29. The lowest BCUT2D eigenvalue weighted by Crippen LogP contribution is -2.49. The van der Waals surface area contributed by atoms with Crippen LogP contribution in [-0.2, 0) is 14.3 Å². The Morgan fingerprint density at radius 3 is 2.60 bits per heavy atom. The van der Waals surface area contributed by atoms with E-state index < -0.39 is 6.10 Å². The van der Waals surface area contributed by atoms with Crippen molar-refractivity contribution in [3.8, 4) is 0 Å². The SMILES string of the molecule is CN(C)C(=O)C[C@@H]1C=C[C@H](NC(=O)C2CC2)[C@H](CO)O1.